The maximum atomic E-state index is 12.3. The first kappa shape index (κ1) is 8.29. The van der Waals surface area contributed by atoms with Crippen LogP contribution in [-0.2, 0) is 16.8 Å². The first-order valence-corrected chi connectivity index (χ1v) is 4.09. The minimum Gasteiger partial charge on any atom is -0.772 e. The largest absolute Gasteiger partial charge is 0.772 e. The Kier molecular flexibility index (Phi) is 2.67. The minimum absolute atomic E-state index is 0.167. The Morgan fingerprint density at radius 2 is 2.45 bits per heavy atom. The van der Waals surface area contributed by atoms with Gasteiger partial charge >= 0.3 is 0 Å². The van der Waals surface area contributed by atoms with Crippen LogP contribution in [0.5, 0.6) is 0 Å². The molecule has 0 radical (unpaired) electrons. The van der Waals surface area contributed by atoms with Gasteiger partial charge in [0.2, 0.25) is 5.95 Å². The lowest BCUT2D eigenvalue weighted by molar-refractivity contribution is 0.535. The van der Waals surface area contributed by atoms with Crippen molar-refractivity contribution in [2.45, 2.75) is 5.75 Å². The molecule has 0 spiro atoms. The Hall–Kier alpha value is -0.810. The summed E-state index contributed by atoms with van der Waals surface area (Å²) in [5.41, 5.74) is 0.408. The summed E-state index contributed by atoms with van der Waals surface area (Å²) < 4.78 is 32.6. The van der Waals surface area contributed by atoms with Crippen LogP contribution in [0, 0.1) is 5.95 Å². The topological polar surface area (TPSA) is 53.0 Å². The molecule has 60 valence electrons. The van der Waals surface area contributed by atoms with Gasteiger partial charge < -0.3 is 4.55 Å². The maximum absolute atomic E-state index is 12.3. The molecular weight excluding hydrogens is 169 g/mol. The molecule has 1 aromatic heterocycles. The van der Waals surface area contributed by atoms with Gasteiger partial charge in [0.25, 0.3) is 0 Å². The van der Waals surface area contributed by atoms with E-state index in [1.54, 1.807) is 0 Å². The lowest BCUT2D eigenvalue weighted by atomic mass is 10.3. The van der Waals surface area contributed by atoms with Crippen molar-refractivity contribution in [1.29, 1.82) is 0 Å². The lowest BCUT2D eigenvalue weighted by Crippen LogP contribution is -1.94. The monoisotopic (exact) mass is 174 g/mol. The predicted octanol–water partition coefficient (Wildman–Crippen LogP) is 0.600. The molecule has 0 aromatic carbocycles. The molecule has 5 heteroatoms. The number of rotatable bonds is 2. The molecule has 0 N–H and O–H groups in total. The minimum atomic E-state index is -2.17. The van der Waals surface area contributed by atoms with Crippen molar-refractivity contribution in [3.8, 4) is 0 Å². The van der Waals surface area contributed by atoms with E-state index in [4.69, 9.17) is 0 Å². The second kappa shape index (κ2) is 3.54. The van der Waals surface area contributed by atoms with E-state index in [-0.39, 0.29) is 5.75 Å². The van der Waals surface area contributed by atoms with E-state index in [1.165, 1.54) is 12.3 Å². The van der Waals surface area contributed by atoms with Crippen LogP contribution in [0.2, 0.25) is 0 Å². The van der Waals surface area contributed by atoms with Gasteiger partial charge in [-0.25, -0.2) is 4.98 Å². The van der Waals surface area contributed by atoms with E-state index in [2.05, 4.69) is 4.98 Å². The quantitative estimate of drug-likeness (QED) is 0.487. The Labute approximate surface area is 65.6 Å². The zero-order valence-electron chi connectivity index (χ0n) is 5.49. The molecule has 1 heterocycles. The molecule has 0 saturated carbocycles. The van der Waals surface area contributed by atoms with Crippen molar-refractivity contribution in [1.82, 2.24) is 4.98 Å². The van der Waals surface area contributed by atoms with Crippen LogP contribution in [0.25, 0.3) is 0 Å². The van der Waals surface area contributed by atoms with Gasteiger partial charge in [-0.15, -0.1) is 0 Å². The van der Waals surface area contributed by atoms with Crippen LogP contribution in [0.3, 0.4) is 0 Å². The summed E-state index contributed by atoms with van der Waals surface area (Å²) >= 11 is -2.17. The van der Waals surface area contributed by atoms with E-state index >= 15 is 0 Å². The first-order chi connectivity index (χ1) is 5.18. The Morgan fingerprint density at radius 3 is 3.00 bits per heavy atom. The van der Waals surface area contributed by atoms with Gasteiger partial charge in [-0.1, -0.05) is 11.1 Å². The Bertz CT molecular complexity index is 279. The highest BCUT2D eigenvalue weighted by Gasteiger charge is 1.94. The second-order valence-electron chi connectivity index (χ2n) is 1.93. The third-order valence-electron chi connectivity index (χ3n) is 1.08. The second-order valence-corrected chi connectivity index (χ2v) is 2.83. The average molecular weight is 174 g/mol. The molecule has 1 unspecified atom stereocenters. The number of hydrogen-bond acceptors (Lipinski definition) is 3. The number of halogens is 1. The van der Waals surface area contributed by atoms with E-state index in [9.17, 15) is 13.2 Å². The fourth-order valence-electron chi connectivity index (χ4n) is 0.668. The van der Waals surface area contributed by atoms with Gasteiger partial charge in [0.1, 0.15) is 0 Å². The van der Waals surface area contributed by atoms with Gasteiger partial charge in [0.05, 0.1) is 0 Å². The third kappa shape index (κ3) is 2.73. The summed E-state index contributed by atoms with van der Waals surface area (Å²) in [4.78, 5) is 3.28. The summed E-state index contributed by atoms with van der Waals surface area (Å²) in [5, 5.41) is 0. The molecule has 0 saturated heterocycles. The van der Waals surface area contributed by atoms with Gasteiger partial charge in [0, 0.05) is 11.9 Å². The molecule has 0 amide bonds. The molecule has 3 nitrogen and oxygen atoms in total. The number of pyridine rings is 1. The van der Waals surface area contributed by atoms with Crippen LogP contribution >= 0.6 is 0 Å². The average Bonchev–Trinajstić information content (AvgIpc) is 1.85. The summed E-state index contributed by atoms with van der Waals surface area (Å²) in [7, 11) is 0. The van der Waals surface area contributed by atoms with Gasteiger partial charge in [-0.3, -0.25) is 4.21 Å². The van der Waals surface area contributed by atoms with Gasteiger partial charge in [-0.05, 0) is 17.7 Å². The summed E-state index contributed by atoms with van der Waals surface area (Å²) in [6, 6.07) is 2.55. The highest BCUT2D eigenvalue weighted by molar-refractivity contribution is 7.78. The smallest absolute Gasteiger partial charge is 0.213 e. The van der Waals surface area contributed by atoms with E-state index in [1.807, 2.05) is 0 Å². The molecule has 0 aliphatic rings. The fourth-order valence-corrected chi connectivity index (χ4v) is 1.12. The molecule has 1 aromatic rings. The summed E-state index contributed by atoms with van der Waals surface area (Å²) in [6.07, 6.45) is 1.23. The maximum Gasteiger partial charge on any atom is 0.213 e. The van der Waals surface area contributed by atoms with Crippen molar-refractivity contribution >= 4 is 11.1 Å². The Morgan fingerprint density at radius 1 is 1.73 bits per heavy atom. The van der Waals surface area contributed by atoms with Crippen molar-refractivity contribution in [2.75, 3.05) is 0 Å². The van der Waals surface area contributed by atoms with Crippen molar-refractivity contribution in [2.24, 2.45) is 0 Å². The van der Waals surface area contributed by atoms with Crippen LogP contribution in [0.4, 0.5) is 4.39 Å². The molecule has 0 bridgehead atoms. The molecular formula is C6H5FNO2S-. The van der Waals surface area contributed by atoms with Gasteiger partial charge in [-0.2, -0.15) is 4.39 Å². The van der Waals surface area contributed by atoms with Crippen LogP contribution in [0.1, 0.15) is 5.56 Å². The highest BCUT2D eigenvalue weighted by Crippen LogP contribution is 2.02. The highest BCUT2D eigenvalue weighted by atomic mass is 32.2. The fraction of sp³-hybridized carbons (Fsp3) is 0.167. The van der Waals surface area contributed by atoms with Crippen LogP contribution in [0.15, 0.2) is 18.3 Å². The number of nitrogens with zero attached hydrogens (tertiary/aromatic N) is 1. The summed E-state index contributed by atoms with van der Waals surface area (Å²) in [5.74, 6) is -0.827. The van der Waals surface area contributed by atoms with Crippen molar-refractivity contribution in [3.05, 3.63) is 29.8 Å². The molecule has 11 heavy (non-hydrogen) atoms. The molecule has 0 aliphatic carbocycles. The third-order valence-corrected chi connectivity index (χ3v) is 1.64. The molecule has 0 fully saturated rings. The molecule has 0 aliphatic heterocycles. The molecule has 1 rings (SSSR count). The number of hydrogen-bond donors (Lipinski definition) is 0. The van der Waals surface area contributed by atoms with Crippen LogP contribution in [-0.4, -0.2) is 13.7 Å². The van der Waals surface area contributed by atoms with Gasteiger partial charge in [0.15, 0.2) is 0 Å². The zero-order valence-corrected chi connectivity index (χ0v) is 6.31. The zero-order chi connectivity index (χ0) is 8.27. The normalized spacial score (nSPS) is 12.9. The molecule has 1 atom stereocenters. The van der Waals surface area contributed by atoms with Crippen molar-refractivity contribution < 1.29 is 13.2 Å². The van der Waals surface area contributed by atoms with E-state index in [0.29, 0.717) is 5.56 Å². The lowest BCUT2D eigenvalue weighted by Gasteiger charge is -2.03. The number of aromatic nitrogens is 1. The Balaban J connectivity index is 2.79. The summed E-state index contributed by atoms with van der Waals surface area (Å²) in [6.45, 7) is 0. The van der Waals surface area contributed by atoms with Crippen molar-refractivity contribution in [3.63, 3.8) is 0 Å². The SMILES string of the molecule is O=S([O-])Cc1ccnc(F)c1. The van der Waals surface area contributed by atoms with E-state index < -0.39 is 17.0 Å². The first-order valence-electron chi connectivity index (χ1n) is 2.85. The standard InChI is InChI=1S/C6H6FNO2S/c7-6-3-5(1-2-8-6)4-11(9)10/h1-3H,4H2,(H,9,10)/p-1. The van der Waals surface area contributed by atoms with E-state index in [0.717, 1.165) is 6.07 Å². The predicted molar refractivity (Wildman–Crippen MR) is 36.8 cm³/mol. The van der Waals surface area contributed by atoms with Crippen LogP contribution < -0.4 is 0 Å².